The number of pyridine rings is 1. The second-order valence-corrected chi connectivity index (χ2v) is 4.65. The molecule has 18 heavy (non-hydrogen) atoms. The molecule has 3 nitrogen and oxygen atoms in total. The predicted molar refractivity (Wildman–Crippen MR) is 71.0 cm³/mol. The second kappa shape index (κ2) is 5.27. The Bertz CT molecular complexity index is 601. The SMILES string of the molecule is Cc1ccnc(NC(=O)c2ccc(F)cc2Br)c1. The first kappa shape index (κ1) is 12.7. The van der Waals surface area contributed by atoms with Crippen molar-refractivity contribution in [3.8, 4) is 0 Å². The van der Waals surface area contributed by atoms with Crippen LogP contribution in [0.1, 0.15) is 15.9 Å². The summed E-state index contributed by atoms with van der Waals surface area (Å²) in [4.78, 5) is 16.0. The van der Waals surface area contributed by atoms with E-state index in [4.69, 9.17) is 0 Å². The largest absolute Gasteiger partial charge is 0.307 e. The van der Waals surface area contributed by atoms with Crippen LogP contribution in [0, 0.1) is 12.7 Å². The molecule has 0 radical (unpaired) electrons. The summed E-state index contributed by atoms with van der Waals surface area (Å²) in [5.41, 5.74) is 1.36. The molecule has 92 valence electrons. The van der Waals surface area contributed by atoms with Gasteiger partial charge in [0.2, 0.25) is 0 Å². The van der Waals surface area contributed by atoms with Gasteiger partial charge in [0.05, 0.1) is 5.56 Å². The Hall–Kier alpha value is -1.75. The Balaban J connectivity index is 2.22. The van der Waals surface area contributed by atoms with Crippen molar-refractivity contribution in [3.05, 3.63) is 57.9 Å². The number of amides is 1. The molecule has 1 amide bonds. The van der Waals surface area contributed by atoms with Crippen LogP contribution in [-0.2, 0) is 0 Å². The van der Waals surface area contributed by atoms with Gasteiger partial charge in [-0.2, -0.15) is 0 Å². The highest BCUT2D eigenvalue weighted by atomic mass is 79.9. The third-order valence-corrected chi connectivity index (χ3v) is 2.99. The molecule has 0 bridgehead atoms. The van der Waals surface area contributed by atoms with E-state index in [9.17, 15) is 9.18 Å². The summed E-state index contributed by atoms with van der Waals surface area (Å²) in [6, 6.07) is 7.51. The van der Waals surface area contributed by atoms with Crippen LogP contribution in [0.3, 0.4) is 0 Å². The number of benzene rings is 1. The van der Waals surface area contributed by atoms with Crippen molar-refractivity contribution in [2.45, 2.75) is 6.92 Å². The monoisotopic (exact) mass is 308 g/mol. The van der Waals surface area contributed by atoms with E-state index in [2.05, 4.69) is 26.2 Å². The molecule has 1 aromatic heterocycles. The molecule has 0 spiro atoms. The number of hydrogen-bond acceptors (Lipinski definition) is 2. The van der Waals surface area contributed by atoms with Crippen LogP contribution < -0.4 is 5.32 Å². The van der Waals surface area contributed by atoms with Gasteiger partial charge >= 0.3 is 0 Å². The quantitative estimate of drug-likeness (QED) is 0.922. The minimum absolute atomic E-state index is 0.333. The van der Waals surface area contributed by atoms with E-state index in [1.807, 2.05) is 13.0 Å². The maximum absolute atomic E-state index is 12.9. The Labute approximate surface area is 112 Å². The van der Waals surface area contributed by atoms with Crippen molar-refractivity contribution in [2.75, 3.05) is 5.32 Å². The van der Waals surface area contributed by atoms with Crippen LogP contribution in [0.4, 0.5) is 10.2 Å². The van der Waals surface area contributed by atoms with Gasteiger partial charge in [0.15, 0.2) is 0 Å². The zero-order valence-corrected chi connectivity index (χ0v) is 11.2. The number of carbonyl (C=O) groups excluding carboxylic acids is 1. The van der Waals surface area contributed by atoms with Crippen molar-refractivity contribution in [2.24, 2.45) is 0 Å². The third-order valence-electron chi connectivity index (χ3n) is 2.33. The fourth-order valence-corrected chi connectivity index (χ4v) is 1.99. The standard InChI is InChI=1S/C13H10BrFN2O/c1-8-4-5-16-12(6-8)17-13(18)10-3-2-9(15)7-11(10)14/h2-7H,1H3,(H,16,17,18). The minimum Gasteiger partial charge on any atom is -0.307 e. The normalized spacial score (nSPS) is 10.2. The molecule has 1 heterocycles. The number of rotatable bonds is 2. The third kappa shape index (κ3) is 2.92. The van der Waals surface area contributed by atoms with Gasteiger partial charge in [0.25, 0.3) is 5.91 Å². The number of anilines is 1. The first-order valence-corrected chi connectivity index (χ1v) is 6.04. The highest BCUT2D eigenvalue weighted by Gasteiger charge is 2.11. The lowest BCUT2D eigenvalue weighted by Crippen LogP contribution is -2.13. The van der Waals surface area contributed by atoms with Crippen molar-refractivity contribution in [3.63, 3.8) is 0 Å². The van der Waals surface area contributed by atoms with Gasteiger partial charge in [0.1, 0.15) is 11.6 Å². The molecule has 0 fully saturated rings. The summed E-state index contributed by atoms with van der Waals surface area (Å²) < 4.78 is 13.3. The number of aryl methyl sites for hydroxylation is 1. The van der Waals surface area contributed by atoms with E-state index in [-0.39, 0.29) is 5.91 Å². The molecule has 0 aliphatic heterocycles. The summed E-state index contributed by atoms with van der Waals surface area (Å²) in [6.07, 6.45) is 1.62. The highest BCUT2D eigenvalue weighted by Crippen LogP contribution is 2.19. The molecule has 0 saturated carbocycles. The second-order valence-electron chi connectivity index (χ2n) is 3.80. The highest BCUT2D eigenvalue weighted by molar-refractivity contribution is 9.10. The summed E-state index contributed by atoms with van der Waals surface area (Å²) in [6.45, 7) is 1.91. The fraction of sp³-hybridized carbons (Fsp3) is 0.0769. The fourth-order valence-electron chi connectivity index (χ4n) is 1.46. The molecular formula is C13H10BrFN2O. The Kier molecular flexibility index (Phi) is 3.72. The van der Waals surface area contributed by atoms with Crippen LogP contribution in [0.25, 0.3) is 0 Å². The first-order chi connectivity index (χ1) is 8.56. The maximum atomic E-state index is 12.9. The van der Waals surface area contributed by atoms with Gasteiger partial charge in [-0.25, -0.2) is 9.37 Å². The van der Waals surface area contributed by atoms with Crippen LogP contribution in [0.15, 0.2) is 41.0 Å². The van der Waals surface area contributed by atoms with E-state index >= 15 is 0 Å². The zero-order valence-electron chi connectivity index (χ0n) is 9.58. The molecule has 5 heteroatoms. The molecule has 0 saturated heterocycles. The van der Waals surface area contributed by atoms with Crippen molar-refractivity contribution >= 4 is 27.7 Å². The maximum Gasteiger partial charge on any atom is 0.257 e. The predicted octanol–water partition coefficient (Wildman–Crippen LogP) is 3.54. The Morgan fingerprint density at radius 1 is 1.33 bits per heavy atom. The van der Waals surface area contributed by atoms with Gasteiger partial charge in [-0.1, -0.05) is 0 Å². The van der Waals surface area contributed by atoms with Crippen LogP contribution >= 0.6 is 15.9 Å². The number of nitrogens with one attached hydrogen (secondary N) is 1. The molecule has 1 N–H and O–H groups in total. The van der Waals surface area contributed by atoms with Crippen molar-refractivity contribution in [1.29, 1.82) is 0 Å². The number of nitrogens with zero attached hydrogens (tertiary/aromatic N) is 1. The lowest BCUT2D eigenvalue weighted by Gasteiger charge is -2.06. The van der Waals surface area contributed by atoms with E-state index < -0.39 is 5.82 Å². The number of hydrogen-bond donors (Lipinski definition) is 1. The number of carbonyl (C=O) groups is 1. The van der Waals surface area contributed by atoms with Crippen LogP contribution in [0.5, 0.6) is 0 Å². The molecule has 2 rings (SSSR count). The van der Waals surface area contributed by atoms with E-state index in [1.54, 1.807) is 12.3 Å². The molecular weight excluding hydrogens is 299 g/mol. The minimum atomic E-state index is -0.396. The van der Waals surface area contributed by atoms with Gasteiger partial charge in [-0.05, 0) is 58.7 Å². The van der Waals surface area contributed by atoms with Gasteiger partial charge < -0.3 is 5.32 Å². The van der Waals surface area contributed by atoms with Gasteiger partial charge in [-0.15, -0.1) is 0 Å². The average molecular weight is 309 g/mol. The first-order valence-electron chi connectivity index (χ1n) is 5.25. The molecule has 0 atom stereocenters. The van der Waals surface area contributed by atoms with E-state index in [0.717, 1.165) is 5.56 Å². The van der Waals surface area contributed by atoms with E-state index in [0.29, 0.717) is 15.9 Å². The van der Waals surface area contributed by atoms with Gasteiger partial charge in [0, 0.05) is 10.7 Å². The zero-order chi connectivity index (χ0) is 13.1. The van der Waals surface area contributed by atoms with Crippen LogP contribution in [-0.4, -0.2) is 10.9 Å². The molecule has 0 aliphatic rings. The molecule has 2 aromatic rings. The summed E-state index contributed by atoms with van der Waals surface area (Å²) in [5, 5.41) is 2.66. The number of halogens is 2. The van der Waals surface area contributed by atoms with Crippen molar-refractivity contribution in [1.82, 2.24) is 4.98 Å². The molecule has 0 aliphatic carbocycles. The van der Waals surface area contributed by atoms with E-state index in [1.165, 1.54) is 18.2 Å². The Morgan fingerprint density at radius 2 is 2.11 bits per heavy atom. The topological polar surface area (TPSA) is 42.0 Å². The Morgan fingerprint density at radius 3 is 2.78 bits per heavy atom. The smallest absolute Gasteiger partial charge is 0.257 e. The molecule has 1 aromatic carbocycles. The summed E-state index contributed by atoms with van der Waals surface area (Å²) in [7, 11) is 0. The molecule has 0 unspecified atom stereocenters. The van der Waals surface area contributed by atoms with Gasteiger partial charge in [-0.3, -0.25) is 4.79 Å². The van der Waals surface area contributed by atoms with Crippen LogP contribution in [0.2, 0.25) is 0 Å². The lowest BCUT2D eigenvalue weighted by molar-refractivity contribution is 0.102. The number of aromatic nitrogens is 1. The lowest BCUT2D eigenvalue weighted by atomic mass is 10.2. The summed E-state index contributed by atoms with van der Waals surface area (Å²) in [5.74, 6) is -0.261. The summed E-state index contributed by atoms with van der Waals surface area (Å²) >= 11 is 3.15. The average Bonchev–Trinajstić information content (AvgIpc) is 2.28. The van der Waals surface area contributed by atoms with Crippen molar-refractivity contribution < 1.29 is 9.18 Å².